The van der Waals surface area contributed by atoms with Gasteiger partial charge in [-0.1, -0.05) is 76.2 Å². The summed E-state index contributed by atoms with van der Waals surface area (Å²) < 4.78 is 0. The Labute approximate surface area is 227 Å². The van der Waals surface area contributed by atoms with E-state index in [1.54, 1.807) is 0 Å². The maximum absolute atomic E-state index is 13.1. The van der Waals surface area contributed by atoms with Crippen molar-refractivity contribution in [2.45, 2.75) is 58.9 Å². The predicted octanol–water partition coefficient (Wildman–Crippen LogP) is 7.50. The highest BCUT2D eigenvalue weighted by Crippen LogP contribution is 2.25. The van der Waals surface area contributed by atoms with Gasteiger partial charge >= 0.3 is 0 Å². The molecule has 0 aliphatic carbocycles. The molecule has 0 radical (unpaired) electrons. The molecule has 194 valence electrons. The van der Waals surface area contributed by atoms with Crippen molar-refractivity contribution in [2.75, 3.05) is 23.3 Å². The third-order valence-electron chi connectivity index (χ3n) is 7.29. The Morgan fingerprint density at radius 3 is 2.22 bits per heavy atom. The Kier molecular flexibility index (Phi) is 8.33. The Bertz CT molecular complexity index is 1220. The van der Waals surface area contributed by atoms with Crippen LogP contribution in [0, 0.1) is 5.92 Å². The molecular weight excluding hydrogens is 474 g/mol. The molecular formula is C32H39N3OS. The Morgan fingerprint density at radius 2 is 1.59 bits per heavy atom. The van der Waals surface area contributed by atoms with Gasteiger partial charge in [-0.25, -0.2) is 0 Å². The topological polar surface area (TPSA) is 44.4 Å². The van der Waals surface area contributed by atoms with Crippen molar-refractivity contribution < 1.29 is 4.79 Å². The third-order valence-corrected chi connectivity index (χ3v) is 7.51. The zero-order chi connectivity index (χ0) is 26.6. The molecule has 0 spiro atoms. The van der Waals surface area contributed by atoms with Crippen molar-refractivity contribution in [2.24, 2.45) is 5.92 Å². The van der Waals surface area contributed by atoms with Gasteiger partial charge < -0.3 is 15.5 Å². The van der Waals surface area contributed by atoms with Gasteiger partial charge in [0.15, 0.2) is 10.9 Å². The lowest BCUT2D eigenvalue weighted by Crippen LogP contribution is -2.33. The van der Waals surface area contributed by atoms with Crippen LogP contribution in [0.25, 0.3) is 0 Å². The first-order valence-electron chi connectivity index (χ1n) is 13.3. The number of anilines is 2. The van der Waals surface area contributed by atoms with E-state index >= 15 is 0 Å². The fourth-order valence-corrected chi connectivity index (χ4v) is 5.01. The summed E-state index contributed by atoms with van der Waals surface area (Å²) in [6, 6.07) is 24.2. The van der Waals surface area contributed by atoms with Crippen LogP contribution in [0.1, 0.15) is 80.6 Å². The normalized spacial score (nSPS) is 15.2. The highest BCUT2D eigenvalue weighted by molar-refractivity contribution is 7.80. The molecule has 1 heterocycles. The lowest BCUT2D eigenvalue weighted by molar-refractivity contribution is 0.103. The van der Waals surface area contributed by atoms with Gasteiger partial charge in [0.25, 0.3) is 0 Å². The van der Waals surface area contributed by atoms with Crippen LogP contribution < -0.4 is 15.5 Å². The SMILES string of the molecule is CC1CCN(c2ccc(C(C)NC(=S)Nc3cccc(C(=O)c4ccc(C(C)(C)C)cc4)c3)cc2)CC1. The summed E-state index contributed by atoms with van der Waals surface area (Å²) in [5, 5.41) is 7.15. The van der Waals surface area contributed by atoms with Crippen LogP contribution in [0.4, 0.5) is 11.4 Å². The Hall–Kier alpha value is -3.18. The molecule has 1 fully saturated rings. The van der Waals surface area contributed by atoms with Gasteiger partial charge in [0.05, 0.1) is 6.04 Å². The summed E-state index contributed by atoms with van der Waals surface area (Å²) in [4.78, 5) is 15.6. The highest BCUT2D eigenvalue weighted by atomic mass is 32.1. The summed E-state index contributed by atoms with van der Waals surface area (Å²) in [6.45, 7) is 13.2. The molecule has 5 heteroatoms. The summed E-state index contributed by atoms with van der Waals surface area (Å²) in [6.07, 6.45) is 2.52. The van der Waals surface area contributed by atoms with Crippen LogP contribution >= 0.6 is 12.2 Å². The van der Waals surface area contributed by atoms with E-state index in [1.165, 1.54) is 29.7 Å². The van der Waals surface area contributed by atoms with E-state index in [0.29, 0.717) is 16.2 Å². The Balaban J connectivity index is 1.35. The fraction of sp³-hybridized carbons (Fsp3) is 0.375. The van der Waals surface area contributed by atoms with Gasteiger partial charge in [0.2, 0.25) is 0 Å². The van der Waals surface area contributed by atoms with E-state index in [0.717, 1.165) is 24.7 Å². The number of carbonyl (C=O) groups is 1. The first-order valence-corrected chi connectivity index (χ1v) is 13.7. The molecule has 1 unspecified atom stereocenters. The Morgan fingerprint density at radius 1 is 0.946 bits per heavy atom. The van der Waals surface area contributed by atoms with E-state index < -0.39 is 0 Å². The van der Waals surface area contributed by atoms with Gasteiger partial charge in [0, 0.05) is 35.6 Å². The van der Waals surface area contributed by atoms with Crippen molar-refractivity contribution in [1.29, 1.82) is 0 Å². The van der Waals surface area contributed by atoms with Gasteiger partial charge in [-0.2, -0.15) is 0 Å². The number of hydrogen-bond acceptors (Lipinski definition) is 3. The minimum Gasteiger partial charge on any atom is -0.372 e. The molecule has 1 aliphatic heterocycles. The minimum atomic E-state index is -0.000363. The van der Waals surface area contributed by atoms with Gasteiger partial charge in [-0.05, 0) is 78.7 Å². The number of carbonyl (C=O) groups excluding carboxylic acids is 1. The van der Waals surface area contributed by atoms with E-state index in [4.69, 9.17) is 12.2 Å². The second-order valence-electron chi connectivity index (χ2n) is 11.3. The number of rotatable bonds is 6. The largest absolute Gasteiger partial charge is 0.372 e. The van der Waals surface area contributed by atoms with Gasteiger partial charge in [0.1, 0.15) is 0 Å². The number of piperidine rings is 1. The van der Waals surface area contributed by atoms with E-state index in [1.807, 2.05) is 48.5 Å². The molecule has 1 atom stereocenters. The number of thiocarbonyl (C=S) groups is 1. The monoisotopic (exact) mass is 513 g/mol. The van der Waals surface area contributed by atoms with Crippen LogP contribution in [0.3, 0.4) is 0 Å². The standard InChI is InChI=1S/C32H39N3OS/c1-22-17-19-35(20-18-22)29-15-11-24(12-16-29)23(2)33-31(37)34-28-8-6-7-26(21-28)30(36)25-9-13-27(14-10-25)32(3,4)5/h6-16,21-23H,17-20H2,1-5H3,(H2,33,34,37). The number of ketones is 1. The fourth-order valence-electron chi connectivity index (χ4n) is 4.71. The van der Waals surface area contributed by atoms with Gasteiger partial charge in [-0.3, -0.25) is 4.79 Å². The van der Waals surface area contributed by atoms with Crippen LogP contribution in [0.5, 0.6) is 0 Å². The average molecular weight is 514 g/mol. The molecule has 0 bridgehead atoms. The smallest absolute Gasteiger partial charge is 0.193 e. The lowest BCUT2D eigenvalue weighted by Gasteiger charge is -2.32. The van der Waals surface area contributed by atoms with Crippen molar-refractivity contribution in [3.8, 4) is 0 Å². The zero-order valence-electron chi connectivity index (χ0n) is 22.7. The third kappa shape index (κ3) is 6.98. The van der Waals surface area contributed by atoms with Gasteiger partial charge in [-0.15, -0.1) is 0 Å². The number of nitrogens with zero attached hydrogens (tertiary/aromatic N) is 1. The maximum atomic E-state index is 13.1. The average Bonchev–Trinajstić information content (AvgIpc) is 2.88. The number of nitrogens with one attached hydrogen (secondary N) is 2. The molecule has 2 N–H and O–H groups in total. The summed E-state index contributed by atoms with van der Waals surface area (Å²) >= 11 is 5.59. The van der Waals surface area contributed by atoms with Crippen LogP contribution in [-0.4, -0.2) is 24.0 Å². The predicted molar refractivity (Wildman–Crippen MR) is 160 cm³/mol. The maximum Gasteiger partial charge on any atom is 0.193 e. The summed E-state index contributed by atoms with van der Waals surface area (Å²) in [5.74, 6) is 0.826. The van der Waals surface area contributed by atoms with E-state index in [9.17, 15) is 4.79 Å². The highest BCUT2D eigenvalue weighted by Gasteiger charge is 2.17. The molecule has 3 aromatic rings. The summed E-state index contributed by atoms with van der Waals surface area (Å²) in [7, 11) is 0. The van der Waals surface area contributed by atoms with Crippen LogP contribution in [-0.2, 0) is 5.41 Å². The molecule has 3 aromatic carbocycles. The van der Waals surface area contributed by atoms with Crippen molar-refractivity contribution >= 4 is 34.5 Å². The second-order valence-corrected chi connectivity index (χ2v) is 11.7. The quantitative estimate of drug-likeness (QED) is 0.264. The van der Waals surface area contributed by atoms with Crippen molar-refractivity contribution in [3.63, 3.8) is 0 Å². The lowest BCUT2D eigenvalue weighted by atomic mass is 9.86. The first kappa shape index (κ1) is 26.9. The number of benzene rings is 3. The number of hydrogen-bond donors (Lipinski definition) is 2. The molecule has 4 rings (SSSR count). The minimum absolute atomic E-state index is 0.000363. The first-order chi connectivity index (χ1) is 17.6. The molecule has 37 heavy (non-hydrogen) atoms. The second kappa shape index (κ2) is 11.5. The zero-order valence-corrected chi connectivity index (χ0v) is 23.5. The molecule has 0 aromatic heterocycles. The van der Waals surface area contributed by atoms with Crippen LogP contribution in [0.15, 0.2) is 72.8 Å². The van der Waals surface area contributed by atoms with E-state index in [-0.39, 0.29) is 17.2 Å². The molecule has 0 saturated carbocycles. The molecule has 0 amide bonds. The molecule has 4 nitrogen and oxygen atoms in total. The molecule has 1 saturated heterocycles. The van der Waals surface area contributed by atoms with Crippen molar-refractivity contribution in [3.05, 3.63) is 95.1 Å². The summed E-state index contributed by atoms with van der Waals surface area (Å²) in [5.41, 5.74) is 5.84. The van der Waals surface area contributed by atoms with E-state index in [2.05, 4.69) is 74.4 Å². The van der Waals surface area contributed by atoms with Crippen molar-refractivity contribution in [1.82, 2.24) is 5.32 Å². The van der Waals surface area contributed by atoms with Crippen LogP contribution in [0.2, 0.25) is 0 Å². The molecule has 1 aliphatic rings.